The van der Waals surface area contributed by atoms with Crippen molar-refractivity contribution in [2.24, 2.45) is 0 Å². The van der Waals surface area contributed by atoms with Gasteiger partial charge in [-0.3, -0.25) is 9.69 Å². The highest BCUT2D eigenvalue weighted by Crippen LogP contribution is 2.28. The molecule has 1 unspecified atom stereocenters. The number of nitrogens with one attached hydrogen (secondary N) is 1. The van der Waals surface area contributed by atoms with Gasteiger partial charge in [0.25, 0.3) is 5.91 Å². The summed E-state index contributed by atoms with van der Waals surface area (Å²) in [6.45, 7) is 2.15. The Kier molecular flexibility index (Phi) is 5.48. The van der Waals surface area contributed by atoms with E-state index in [1.165, 1.54) is 13.0 Å². The zero-order chi connectivity index (χ0) is 18.5. The Labute approximate surface area is 155 Å². The van der Waals surface area contributed by atoms with Crippen molar-refractivity contribution in [2.45, 2.75) is 13.0 Å². The number of carbonyl (C=O) groups is 3. The summed E-state index contributed by atoms with van der Waals surface area (Å²) in [7, 11) is 0. The lowest BCUT2D eigenvalue weighted by Crippen LogP contribution is -2.41. The Morgan fingerprint density at radius 3 is 2.69 bits per heavy atom. The van der Waals surface area contributed by atoms with Crippen LogP contribution in [0.15, 0.2) is 48.5 Å². The molecule has 0 spiro atoms. The van der Waals surface area contributed by atoms with Crippen molar-refractivity contribution in [1.29, 1.82) is 0 Å². The fraction of sp³-hybridized carbons (Fsp3) is 0.211. The van der Waals surface area contributed by atoms with E-state index in [0.29, 0.717) is 6.54 Å². The maximum atomic E-state index is 12.1. The molecule has 2 heterocycles. The van der Waals surface area contributed by atoms with Crippen molar-refractivity contribution in [3.05, 3.63) is 53.4 Å². The maximum absolute atomic E-state index is 12.1. The molecule has 26 heavy (non-hydrogen) atoms. The smallest absolute Gasteiger partial charge is 0.331 e. The van der Waals surface area contributed by atoms with Gasteiger partial charge in [-0.1, -0.05) is 30.3 Å². The zero-order valence-electron chi connectivity index (χ0n) is 14.2. The van der Waals surface area contributed by atoms with Gasteiger partial charge in [0.2, 0.25) is 0 Å². The highest BCUT2D eigenvalue weighted by Gasteiger charge is 2.31. The second-order valence-electron chi connectivity index (χ2n) is 5.70. The Morgan fingerprint density at radius 2 is 2.00 bits per heavy atom. The molecule has 1 aromatic heterocycles. The Bertz CT molecular complexity index is 844. The summed E-state index contributed by atoms with van der Waals surface area (Å²) in [5.74, 6) is -1.15. The van der Waals surface area contributed by atoms with Crippen LogP contribution in [0.1, 0.15) is 11.8 Å². The quantitative estimate of drug-likeness (QED) is 0.649. The van der Waals surface area contributed by atoms with E-state index < -0.39 is 24.0 Å². The molecule has 0 aliphatic carbocycles. The lowest BCUT2D eigenvalue weighted by Gasteiger charge is -2.17. The van der Waals surface area contributed by atoms with Crippen LogP contribution in [0.5, 0.6) is 0 Å². The number of nitrogens with zero attached hydrogens (tertiary/aromatic N) is 1. The highest BCUT2D eigenvalue weighted by atomic mass is 32.1. The molecule has 3 rings (SSSR count). The predicted octanol–water partition coefficient (Wildman–Crippen LogP) is 2.91. The van der Waals surface area contributed by atoms with Crippen LogP contribution in [0.2, 0.25) is 0 Å². The van der Waals surface area contributed by atoms with Crippen molar-refractivity contribution in [3.8, 4) is 10.4 Å². The van der Waals surface area contributed by atoms with E-state index in [2.05, 4.69) is 5.32 Å². The van der Waals surface area contributed by atoms with Gasteiger partial charge in [-0.05, 0) is 30.7 Å². The van der Waals surface area contributed by atoms with Crippen molar-refractivity contribution in [2.75, 3.05) is 13.1 Å². The van der Waals surface area contributed by atoms with Crippen LogP contribution in [0.3, 0.4) is 0 Å². The highest BCUT2D eigenvalue weighted by molar-refractivity contribution is 7.16. The maximum Gasteiger partial charge on any atom is 0.331 e. The van der Waals surface area contributed by atoms with Crippen molar-refractivity contribution in [1.82, 2.24) is 10.2 Å². The first-order valence-corrected chi connectivity index (χ1v) is 8.99. The van der Waals surface area contributed by atoms with Gasteiger partial charge in [-0.25, -0.2) is 9.59 Å². The van der Waals surface area contributed by atoms with Crippen molar-refractivity contribution in [3.63, 3.8) is 0 Å². The molecule has 0 bridgehead atoms. The van der Waals surface area contributed by atoms with E-state index in [1.807, 2.05) is 42.5 Å². The predicted molar refractivity (Wildman–Crippen MR) is 99.5 cm³/mol. The van der Waals surface area contributed by atoms with Gasteiger partial charge in [0, 0.05) is 28.9 Å². The lowest BCUT2D eigenvalue weighted by molar-refractivity contribution is -0.153. The molecule has 7 heteroatoms. The normalized spacial score (nSPS) is 15.1. The minimum Gasteiger partial charge on any atom is -0.449 e. The SMILES string of the molecule is CC(OC(=O)/C=C/c1ccc(-c2ccccc2)s1)C(=O)N1CCNC1=O. The second kappa shape index (κ2) is 7.97. The number of esters is 1. The third-order valence-electron chi connectivity index (χ3n) is 3.83. The van der Waals surface area contributed by atoms with E-state index in [0.717, 1.165) is 20.2 Å². The lowest BCUT2D eigenvalue weighted by atomic mass is 10.2. The number of imide groups is 1. The third-order valence-corrected chi connectivity index (χ3v) is 4.93. The zero-order valence-corrected chi connectivity index (χ0v) is 15.0. The van der Waals surface area contributed by atoms with Crippen LogP contribution < -0.4 is 5.32 Å². The second-order valence-corrected chi connectivity index (χ2v) is 6.82. The van der Waals surface area contributed by atoms with Gasteiger partial charge in [0.1, 0.15) is 0 Å². The van der Waals surface area contributed by atoms with Crippen molar-refractivity contribution >= 4 is 35.3 Å². The number of benzene rings is 1. The van der Waals surface area contributed by atoms with Gasteiger partial charge in [-0.15, -0.1) is 11.3 Å². The number of amides is 3. The molecule has 1 saturated heterocycles. The van der Waals surface area contributed by atoms with Crippen LogP contribution >= 0.6 is 11.3 Å². The van der Waals surface area contributed by atoms with Crippen LogP contribution in [-0.4, -0.2) is 42.0 Å². The Balaban J connectivity index is 1.57. The molecule has 1 atom stereocenters. The first-order chi connectivity index (χ1) is 12.5. The van der Waals surface area contributed by atoms with Crippen molar-refractivity contribution < 1.29 is 19.1 Å². The summed E-state index contributed by atoms with van der Waals surface area (Å²) in [6, 6.07) is 13.4. The largest absolute Gasteiger partial charge is 0.449 e. The monoisotopic (exact) mass is 370 g/mol. The summed E-state index contributed by atoms with van der Waals surface area (Å²) < 4.78 is 5.09. The van der Waals surface area contributed by atoms with Gasteiger partial charge in [-0.2, -0.15) is 0 Å². The number of thiophene rings is 1. The number of rotatable bonds is 5. The minimum absolute atomic E-state index is 0.285. The number of hydrogen-bond acceptors (Lipinski definition) is 5. The summed E-state index contributed by atoms with van der Waals surface area (Å²) >= 11 is 1.55. The van der Waals surface area contributed by atoms with Crippen LogP contribution in [-0.2, 0) is 14.3 Å². The molecule has 1 aromatic carbocycles. The number of carbonyl (C=O) groups excluding carboxylic acids is 3. The van der Waals surface area contributed by atoms with Gasteiger partial charge >= 0.3 is 12.0 Å². The van der Waals surface area contributed by atoms with Crippen LogP contribution in [0.4, 0.5) is 4.79 Å². The number of urea groups is 1. The molecular formula is C19H18N2O4S. The molecule has 1 fully saturated rings. The molecule has 1 aliphatic rings. The van der Waals surface area contributed by atoms with E-state index in [1.54, 1.807) is 17.4 Å². The molecule has 1 N–H and O–H groups in total. The molecule has 6 nitrogen and oxygen atoms in total. The van der Waals surface area contributed by atoms with E-state index in [9.17, 15) is 14.4 Å². The summed E-state index contributed by atoms with van der Waals surface area (Å²) in [5.41, 5.74) is 1.11. The van der Waals surface area contributed by atoms with Crippen LogP contribution in [0.25, 0.3) is 16.5 Å². The number of hydrogen-bond donors (Lipinski definition) is 1. The number of ether oxygens (including phenoxy) is 1. The molecule has 134 valence electrons. The summed E-state index contributed by atoms with van der Waals surface area (Å²) in [6.07, 6.45) is 1.92. The molecule has 0 saturated carbocycles. The van der Waals surface area contributed by atoms with E-state index in [4.69, 9.17) is 4.74 Å². The first kappa shape index (κ1) is 17.9. The fourth-order valence-corrected chi connectivity index (χ4v) is 3.43. The van der Waals surface area contributed by atoms with Gasteiger partial charge in [0.05, 0.1) is 0 Å². The molecule has 2 aromatic rings. The minimum atomic E-state index is -1.01. The average molecular weight is 370 g/mol. The average Bonchev–Trinajstić information content (AvgIpc) is 3.29. The fourth-order valence-electron chi connectivity index (χ4n) is 2.52. The molecule has 1 aliphatic heterocycles. The summed E-state index contributed by atoms with van der Waals surface area (Å²) in [5, 5.41) is 2.53. The summed E-state index contributed by atoms with van der Waals surface area (Å²) in [4.78, 5) is 38.5. The van der Waals surface area contributed by atoms with E-state index in [-0.39, 0.29) is 6.54 Å². The third kappa shape index (κ3) is 4.18. The standard InChI is InChI=1S/C19H18N2O4S/c1-13(18(23)21-12-11-20-19(21)24)25-17(22)10-8-15-7-9-16(26-15)14-5-3-2-4-6-14/h2-10,13H,11-12H2,1H3,(H,20,24)/b10-8+. The van der Waals surface area contributed by atoms with Gasteiger partial charge in [0.15, 0.2) is 6.10 Å². The topological polar surface area (TPSA) is 75.7 Å². The molecule has 0 radical (unpaired) electrons. The molecular weight excluding hydrogens is 352 g/mol. The Hall–Kier alpha value is -2.93. The van der Waals surface area contributed by atoms with Gasteiger partial charge < -0.3 is 10.1 Å². The first-order valence-electron chi connectivity index (χ1n) is 8.18. The van der Waals surface area contributed by atoms with E-state index >= 15 is 0 Å². The van der Waals surface area contributed by atoms with Crippen LogP contribution in [0, 0.1) is 0 Å². The molecule has 3 amide bonds. The Morgan fingerprint density at radius 1 is 1.23 bits per heavy atom.